The Kier molecular flexibility index (Phi) is 3.51. The van der Waals surface area contributed by atoms with Gasteiger partial charge in [0.05, 0.1) is 5.69 Å². The predicted octanol–water partition coefficient (Wildman–Crippen LogP) is 2.46. The van der Waals surface area contributed by atoms with Gasteiger partial charge >= 0.3 is 0 Å². The number of hydrogen-bond acceptors (Lipinski definition) is 2. The van der Waals surface area contributed by atoms with Gasteiger partial charge in [0, 0.05) is 18.9 Å². The zero-order valence-electron chi connectivity index (χ0n) is 11.2. The SMILES string of the molecule is Cc1cccc(C)c1NC(=O)C(=O)c1cccn1C. The van der Waals surface area contributed by atoms with Crippen molar-refractivity contribution in [3.63, 3.8) is 0 Å². The summed E-state index contributed by atoms with van der Waals surface area (Å²) in [5.41, 5.74) is 2.96. The molecule has 1 aromatic heterocycles. The van der Waals surface area contributed by atoms with Crippen LogP contribution in [0.5, 0.6) is 0 Å². The van der Waals surface area contributed by atoms with E-state index in [2.05, 4.69) is 5.32 Å². The molecule has 98 valence electrons. The van der Waals surface area contributed by atoms with Gasteiger partial charge in [-0.15, -0.1) is 0 Å². The maximum Gasteiger partial charge on any atom is 0.298 e. The quantitative estimate of drug-likeness (QED) is 0.677. The van der Waals surface area contributed by atoms with Crippen LogP contribution in [-0.2, 0) is 11.8 Å². The summed E-state index contributed by atoms with van der Waals surface area (Å²) in [5, 5.41) is 2.69. The molecule has 4 nitrogen and oxygen atoms in total. The highest BCUT2D eigenvalue weighted by molar-refractivity contribution is 6.46. The van der Waals surface area contributed by atoms with Gasteiger partial charge < -0.3 is 9.88 Å². The smallest absolute Gasteiger partial charge is 0.298 e. The van der Waals surface area contributed by atoms with Crippen LogP contribution >= 0.6 is 0 Å². The highest BCUT2D eigenvalue weighted by Crippen LogP contribution is 2.19. The van der Waals surface area contributed by atoms with Crippen molar-refractivity contribution in [1.29, 1.82) is 0 Å². The molecular formula is C15H16N2O2. The van der Waals surface area contributed by atoms with Gasteiger partial charge in [0.25, 0.3) is 11.7 Å². The normalized spacial score (nSPS) is 10.3. The minimum absolute atomic E-state index is 0.378. The van der Waals surface area contributed by atoms with Gasteiger partial charge in [-0.3, -0.25) is 9.59 Å². The fourth-order valence-electron chi connectivity index (χ4n) is 2.00. The third-order valence-corrected chi connectivity index (χ3v) is 3.10. The fourth-order valence-corrected chi connectivity index (χ4v) is 2.00. The largest absolute Gasteiger partial charge is 0.348 e. The van der Waals surface area contributed by atoms with Crippen LogP contribution in [0, 0.1) is 13.8 Å². The van der Waals surface area contributed by atoms with E-state index in [9.17, 15) is 9.59 Å². The minimum Gasteiger partial charge on any atom is -0.348 e. The molecule has 1 heterocycles. The van der Waals surface area contributed by atoms with Crippen LogP contribution in [0.1, 0.15) is 21.6 Å². The molecule has 19 heavy (non-hydrogen) atoms. The number of nitrogens with zero attached hydrogens (tertiary/aromatic N) is 1. The molecule has 0 atom stereocenters. The van der Waals surface area contributed by atoms with Crippen LogP contribution < -0.4 is 5.32 Å². The second-order valence-electron chi connectivity index (χ2n) is 4.55. The number of ketones is 1. The molecule has 1 amide bonds. The van der Waals surface area contributed by atoms with Crippen molar-refractivity contribution in [2.45, 2.75) is 13.8 Å². The van der Waals surface area contributed by atoms with Crippen molar-refractivity contribution in [3.05, 3.63) is 53.3 Å². The first-order chi connectivity index (χ1) is 9.00. The summed E-state index contributed by atoms with van der Waals surface area (Å²) in [6.07, 6.45) is 1.74. The third-order valence-electron chi connectivity index (χ3n) is 3.10. The summed E-state index contributed by atoms with van der Waals surface area (Å²) in [5.74, 6) is -1.14. The van der Waals surface area contributed by atoms with Gasteiger partial charge in [0.15, 0.2) is 0 Å². The van der Waals surface area contributed by atoms with Crippen LogP contribution in [0.15, 0.2) is 36.5 Å². The first-order valence-corrected chi connectivity index (χ1v) is 6.04. The lowest BCUT2D eigenvalue weighted by Gasteiger charge is -2.11. The molecule has 0 aliphatic carbocycles. The monoisotopic (exact) mass is 256 g/mol. The zero-order chi connectivity index (χ0) is 14.0. The van der Waals surface area contributed by atoms with E-state index in [1.54, 1.807) is 29.9 Å². The Morgan fingerprint density at radius 3 is 2.21 bits per heavy atom. The van der Waals surface area contributed by atoms with Crippen molar-refractivity contribution < 1.29 is 9.59 Å². The van der Waals surface area contributed by atoms with Gasteiger partial charge in [-0.25, -0.2) is 0 Å². The van der Waals surface area contributed by atoms with Crippen molar-refractivity contribution in [3.8, 4) is 0 Å². The number of amides is 1. The number of para-hydroxylation sites is 1. The lowest BCUT2D eigenvalue weighted by molar-refractivity contribution is -0.112. The Morgan fingerprint density at radius 1 is 1.05 bits per heavy atom. The Bertz CT molecular complexity index is 621. The van der Waals surface area contributed by atoms with E-state index >= 15 is 0 Å². The van der Waals surface area contributed by atoms with Crippen molar-refractivity contribution in [2.75, 3.05) is 5.32 Å². The van der Waals surface area contributed by atoms with E-state index in [4.69, 9.17) is 0 Å². The highest BCUT2D eigenvalue weighted by atomic mass is 16.2. The lowest BCUT2D eigenvalue weighted by atomic mass is 10.1. The molecular weight excluding hydrogens is 240 g/mol. The van der Waals surface area contributed by atoms with E-state index in [0.717, 1.165) is 11.1 Å². The number of carbonyl (C=O) groups is 2. The van der Waals surface area contributed by atoms with E-state index < -0.39 is 11.7 Å². The van der Waals surface area contributed by atoms with Gasteiger partial charge in [0.2, 0.25) is 0 Å². The molecule has 4 heteroatoms. The molecule has 0 aliphatic rings. The summed E-state index contributed by atoms with van der Waals surface area (Å²) >= 11 is 0. The summed E-state index contributed by atoms with van der Waals surface area (Å²) in [4.78, 5) is 24.0. The van der Waals surface area contributed by atoms with Crippen LogP contribution in [-0.4, -0.2) is 16.3 Å². The number of Topliss-reactive ketones (excluding diaryl/α,β-unsaturated/α-hetero) is 1. The first kappa shape index (κ1) is 13.1. The van der Waals surface area contributed by atoms with E-state index in [0.29, 0.717) is 11.4 Å². The number of benzene rings is 1. The van der Waals surface area contributed by atoms with Gasteiger partial charge in [-0.1, -0.05) is 18.2 Å². The van der Waals surface area contributed by atoms with E-state index in [-0.39, 0.29) is 0 Å². The summed E-state index contributed by atoms with van der Waals surface area (Å²) in [7, 11) is 1.74. The Hall–Kier alpha value is -2.36. The second-order valence-corrected chi connectivity index (χ2v) is 4.55. The average Bonchev–Trinajstić information content (AvgIpc) is 2.79. The highest BCUT2D eigenvalue weighted by Gasteiger charge is 2.19. The van der Waals surface area contributed by atoms with E-state index in [1.807, 2.05) is 32.0 Å². The molecule has 2 aromatic rings. The Morgan fingerprint density at radius 2 is 1.68 bits per heavy atom. The fraction of sp³-hybridized carbons (Fsp3) is 0.200. The predicted molar refractivity (Wildman–Crippen MR) is 74.3 cm³/mol. The van der Waals surface area contributed by atoms with Gasteiger partial charge in [-0.2, -0.15) is 0 Å². The average molecular weight is 256 g/mol. The number of rotatable bonds is 3. The van der Waals surface area contributed by atoms with Crippen molar-refractivity contribution in [2.24, 2.45) is 7.05 Å². The molecule has 0 aliphatic heterocycles. The van der Waals surface area contributed by atoms with E-state index in [1.165, 1.54) is 0 Å². The third kappa shape index (κ3) is 2.57. The van der Waals surface area contributed by atoms with Crippen molar-refractivity contribution in [1.82, 2.24) is 4.57 Å². The van der Waals surface area contributed by atoms with Crippen LogP contribution in [0.25, 0.3) is 0 Å². The molecule has 0 bridgehead atoms. The van der Waals surface area contributed by atoms with Crippen LogP contribution in [0.4, 0.5) is 5.69 Å². The van der Waals surface area contributed by atoms with Crippen LogP contribution in [0.3, 0.4) is 0 Å². The van der Waals surface area contributed by atoms with Gasteiger partial charge in [-0.05, 0) is 37.1 Å². The Labute approximate surface area is 112 Å². The first-order valence-electron chi connectivity index (χ1n) is 6.04. The Balaban J connectivity index is 2.23. The van der Waals surface area contributed by atoms with Crippen LogP contribution in [0.2, 0.25) is 0 Å². The molecule has 0 spiro atoms. The molecule has 0 unspecified atom stereocenters. The standard InChI is InChI=1S/C15H16N2O2/c1-10-6-4-7-11(2)13(10)16-15(19)14(18)12-8-5-9-17(12)3/h4-9H,1-3H3,(H,16,19). The molecule has 0 radical (unpaired) electrons. The summed E-state index contributed by atoms with van der Waals surface area (Å²) in [6.45, 7) is 3.80. The lowest BCUT2D eigenvalue weighted by Crippen LogP contribution is -2.25. The molecule has 1 N–H and O–H groups in total. The molecule has 2 rings (SSSR count). The number of hydrogen-bond donors (Lipinski definition) is 1. The van der Waals surface area contributed by atoms with Gasteiger partial charge in [0.1, 0.15) is 0 Å². The number of nitrogens with one attached hydrogen (secondary N) is 1. The maximum absolute atomic E-state index is 12.0. The number of carbonyl (C=O) groups excluding carboxylic acids is 2. The molecule has 0 saturated heterocycles. The molecule has 1 aromatic carbocycles. The molecule has 0 saturated carbocycles. The minimum atomic E-state index is -0.612. The summed E-state index contributed by atoms with van der Waals surface area (Å²) < 4.78 is 1.63. The summed E-state index contributed by atoms with van der Waals surface area (Å²) in [6, 6.07) is 9.08. The second kappa shape index (κ2) is 5.10. The number of anilines is 1. The zero-order valence-corrected chi connectivity index (χ0v) is 11.2. The molecule has 0 fully saturated rings. The van der Waals surface area contributed by atoms with Crippen molar-refractivity contribution >= 4 is 17.4 Å². The number of aryl methyl sites for hydroxylation is 3. The topological polar surface area (TPSA) is 51.1 Å². The maximum atomic E-state index is 12.0. The number of aromatic nitrogens is 1.